The molecule has 1 aromatic rings. The Bertz CT molecular complexity index is 499. The van der Waals surface area contributed by atoms with Crippen molar-refractivity contribution >= 4 is 17.6 Å². The first-order valence-corrected chi connectivity index (χ1v) is 7.25. The van der Waals surface area contributed by atoms with Crippen molar-refractivity contribution in [3.05, 3.63) is 24.4 Å². The van der Waals surface area contributed by atoms with Crippen LogP contribution in [-0.4, -0.2) is 34.8 Å². The first-order valence-electron chi connectivity index (χ1n) is 7.25. The molecule has 2 amide bonds. The monoisotopic (exact) mass is 273 g/mol. The summed E-state index contributed by atoms with van der Waals surface area (Å²) in [5.41, 5.74) is 0. The van der Waals surface area contributed by atoms with Gasteiger partial charge in [-0.25, -0.2) is 4.98 Å². The van der Waals surface area contributed by atoms with Crippen LogP contribution in [0.5, 0.6) is 0 Å². The minimum Gasteiger partial charge on any atom is -0.342 e. The number of rotatable bonds is 3. The summed E-state index contributed by atoms with van der Waals surface area (Å²) >= 11 is 0. The van der Waals surface area contributed by atoms with Gasteiger partial charge in [0.15, 0.2) is 0 Å². The van der Waals surface area contributed by atoms with Crippen molar-refractivity contribution in [2.45, 2.75) is 25.7 Å². The Kier molecular flexibility index (Phi) is 3.67. The van der Waals surface area contributed by atoms with E-state index in [0.717, 1.165) is 32.2 Å². The zero-order chi connectivity index (χ0) is 13.9. The van der Waals surface area contributed by atoms with Gasteiger partial charge in [0.25, 0.3) is 0 Å². The Morgan fingerprint density at radius 2 is 2.05 bits per heavy atom. The molecular weight excluding hydrogens is 254 g/mol. The van der Waals surface area contributed by atoms with E-state index in [1.807, 2.05) is 17.0 Å². The molecule has 0 spiro atoms. The molecule has 2 fully saturated rings. The van der Waals surface area contributed by atoms with Gasteiger partial charge in [-0.15, -0.1) is 0 Å². The zero-order valence-corrected chi connectivity index (χ0v) is 11.4. The predicted octanol–water partition coefficient (Wildman–Crippen LogP) is 1.67. The van der Waals surface area contributed by atoms with Gasteiger partial charge in [-0.2, -0.15) is 0 Å². The van der Waals surface area contributed by atoms with Crippen molar-refractivity contribution in [2.24, 2.45) is 11.8 Å². The molecule has 106 valence electrons. The number of hydrogen-bond donors (Lipinski definition) is 1. The Morgan fingerprint density at radius 1 is 1.20 bits per heavy atom. The maximum Gasteiger partial charge on any atom is 0.230 e. The van der Waals surface area contributed by atoms with Crippen LogP contribution < -0.4 is 5.32 Å². The van der Waals surface area contributed by atoms with Crippen LogP contribution in [-0.2, 0) is 9.59 Å². The van der Waals surface area contributed by atoms with Gasteiger partial charge in [0.2, 0.25) is 11.8 Å². The molecule has 3 rings (SSSR count). The van der Waals surface area contributed by atoms with Crippen LogP contribution in [0.15, 0.2) is 24.4 Å². The molecular formula is C15H19N3O2. The average molecular weight is 273 g/mol. The lowest BCUT2D eigenvalue weighted by Gasteiger charge is -2.32. The maximum absolute atomic E-state index is 12.2. The predicted molar refractivity (Wildman–Crippen MR) is 74.9 cm³/mol. The highest BCUT2D eigenvalue weighted by Gasteiger charge is 2.36. The van der Waals surface area contributed by atoms with Crippen molar-refractivity contribution in [1.29, 1.82) is 0 Å². The van der Waals surface area contributed by atoms with Crippen LogP contribution in [0.3, 0.4) is 0 Å². The SMILES string of the molecule is O=C(Nc1ccccn1)[C@H]1CCCN(C(=O)C2CC2)C1. The molecule has 1 atom stereocenters. The lowest BCUT2D eigenvalue weighted by atomic mass is 9.96. The van der Waals surface area contributed by atoms with Crippen LogP contribution in [0, 0.1) is 11.8 Å². The molecule has 2 heterocycles. The molecule has 0 radical (unpaired) electrons. The number of carbonyl (C=O) groups is 2. The summed E-state index contributed by atoms with van der Waals surface area (Å²) in [6.45, 7) is 1.34. The number of piperidine rings is 1. The van der Waals surface area contributed by atoms with E-state index in [9.17, 15) is 9.59 Å². The Hall–Kier alpha value is -1.91. The number of carbonyl (C=O) groups excluding carboxylic acids is 2. The summed E-state index contributed by atoms with van der Waals surface area (Å²) in [5, 5.41) is 2.83. The normalized spacial score (nSPS) is 22.4. The van der Waals surface area contributed by atoms with E-state index in [1.54, 1.807) is 12.3 Å². The van der Waals surface area contributed by atoms with E-state index in [4.69, 9.17) is 0 Å². The fourth-order valence-electron chi connectivity index (χ4n) is 2.64. The fraction of sp³-hybridized carbons (Fsp3) is 0.533. The van der Waals surface area contributed by atoms with Gasteiger partial charge < -0.3 is 10.2 Å². The second-order valence-electron chi connectivity index (χ2n) is 5.60. The molecule has 0 aromatic carbocycles. The van der Waals surface area contributed by atoms with Gasteiger partial charge in [0, 0.05) is 25.2 Å². The number of pyridine rings is 1. The molecule has 1 N–H and O–H groups in total. The summed E-state index contributed by atoms with van der Waals surface area (Å²) in [6, 6.07) is 5.42. The summed E-state index contributed by atoms with van der Waals surface area (Å²) < 4.78 is 0. The Balaban J connectivity index is 1.58. The molecule has 1 aromatic heterocycles. The van der Waals surface area contributed by atoms with Crippen molar-refractivity contribution < 1.29 is 9.59 Å². The molecule has 0 bridgehead atoms. The highest BCUT2D eigenvalue weighted by atomic mass is 16.2. The zero-order valence-electron chi connectivity index (χ0n) is 11.4. The minimum atomic E-state index is -0.117. The highest BCUT2D eigenvalue weighted by molar-refractivity contribution is 5.92. The lowest BCUT2D eigenvalue weighted by Crippen LogP contribution is -2.44. The van der Waals surface area contributed by atoms with E-state index in [2.05, 4.69) is 10.3 Å². The van der Waals surface area contributed by atoms with Crippen molar-refractivity contribution in [3.8, 4) is 0 Å². The highest BCUT2D eigenvalue weighted by Crippen LogP contribution is 2.32. The minimum absolute atomic E-state index is 0.0306. The molecule has 1 aliphatic heterocycles. The lowest BCUT2D eigenvalue weighted by molar-refractivity contribution is -0.135. The molecule has 1 aliphatic carbocycles. The van der Waals surface area contributed by atoms with E-state index in [0.29, 0.717) is 12.4 Å². The second-order valence-corrected chi connectivity index (χ2v) is 5.60. The smallest absolute Gasteiger partial charge is 0.230 e. The molecule has 5 nitrogen and oxygen atoms in total. The van der Waals surface area contributed by atoms with Crippen LogP contribution >= 0.6 is 0 Å². The van der Waals surface area contributed by atoms with Crippen LogP contribution in [0.25, 0.3) is 0 Å². The van der Waals surface area contributed by atoms with Crippen molar-refractivity contribution in [2.75, 3.05) is 18.4 Å². The first-order chi connectivity index (χ1) is 9.74. The third-order valence-electron chi connectivity index (χ3n) is 3.95. The van der Waals surface area contributed by atoms with Gasteiger partial charge in [-0.05, 0) is 37.8 Å². The van der Waals surface area contributed by atoms with Gasteiger partial charge in [-0.1, -0.05) is 6.07 Å². The van der Waals surface area contributed by atoms with Gasteiger partial charge in [0.1, 0.15) is 5.82 Å². The first kappa shape index (κ1) is 13.1. The van der Waals surface area contributed by atoms with Crippen molar-refractivity contribution in [1.82, 2.24) is 9.88 Å². The number of anilines is 1. The Morgan fingerprint density at radius 3 is 2.75 bits per heavy atom. The molecule has 2 aliphatic rings. The summed E-state index contributed by atoms with van der Waals surface area (Å²) in [4.78, 5) is 30.3. The number of aromatic nitrogens is 1. The largest absolute Gasteiger partial charge is 0.342 e. The van der Waals surface area contributed by atoms with E-state index < -0.39 is 0 Å². The van der Waals surface area contributed by atoms with Crippen LogP contribution in [0.1, 0.15) is 25.7 Å². The van der Waals surface area contributed by atoms with E-state index >= 15 is 0 Å². The third-order valence-corrected chi connectivity index (χ3v) is 3.95. The van der Waals surface area contributed by atoms with Gasteiger partial charge in [0.05, 0.1) is 5.92 Å². The molecule has 5 heteroatoms. The number of likely N-dealkylation sites (tertiary alicyclic amines) is 1. The van der Waals surface area contributed by atoms with Crippen LogP contribution in [0.2, 0.25) is 0 Å². The summed E-state index contributed by atoms with van der Waals surface area (Å²) in [6.07, 6.45) is 5.42. The topological polar surface area (TPSA) is 62.3 Å². The Labute approximate surface area is 118 Å². The molecule has 1 saturated heterocycles. The number of hydrogen-bond acceptors (Lipinski definition) is 3. The fourth-order valence-corrected chi connectivity index (χ4v) is 2.64. The number of nitrogens with one attached hydrogen (secondary N) is 1. The summed E-state index contributed by atoms with van der Waals surface area (Å²) in [5.74, 6) is 0.890. The molecule has 20 heavy (non-hydrogen) atoms. The standard InChI is InChI=1S/C15H19N3O2/c19-14(17-13-5-1-2-8-16-13)12-4-3-9-18(10-12)15(20)11-6-7-11/h1-2,5,8,11-12H,3-4,6-7,9-10H2,(H,16,17,19)/t12-/m0/s1. The quantitative estimate of drug-likeness (QED) is 0.911. The van der Waals surface area contributed by atoms with E-state index in [-0.39, 0.29) is 23.7 Å². The summed E-state index contributed by atoms with van der Waals surface area (Å²) in [7, 11) is 0. The molecule has 0 unspecified atom stereocenters. The number of nitrogens with zero attached hydrogens (tertiary/aromatic N) is 2. The average Bonchev–Trinajstić information content (AvgIpc) is 3.32. The second kappa shape index (κ2) is 5.61. The van der Waals surface area contributed by atoms with Gasteiger partial charge >= 0.3 is 0 Å². The molecule has 1 saturated carbocycles. The van der Waals surface area contributed by atoms with Crippen molar-refractivity contribution in [3.63, 3.8) is 0 Å². The maximum atomic E-state index is 12.2. The van der Waals surface area contributed by atoms with Gasteiger partial charge in [-0.3, -0.25) is 9.59 Å². The van der Waals surface area contributed by atoms with Crippen LogP contribution in [0.4, 0.5) is 5.82 Å². The number of amides is 2. The third kappa shape index (κ3) is 2.98. The van der Waals surface area contributed by atoms with E-state index in [1.165, 1.54) is 0 Å².